The van der Waals surface area contributed by atoms with Crippen molar-refractivity contribution in [2.75, 3.05) is 33.2 Å². The van der Waals surface area contributed by atoms with Gasteiger partial charge in [0.2, 0.25) is 5.91 Å². The lowest BCUT2D eigenvalue weighted by molar-refractivity contribution is -0.139. The molecule has 0 aromatic carbocycles. The fourth-order valence-corrected chi connectivity index (χ4v) is 2.94. The van der Waals surface area contributed by atoms with Gasteiger partial charge in [-0.3, -0.25) is 9.69 Å². The van der Waals surface area contributed by atoms with E-state index in [4.69, 9.17) is 0 Å². The summed E-state index contributed by atoms with van der Waals surface area (Å²) in [4.78, 5) is 16.9. The third kappa shape index (κ3) is 2.86. The van der Waals surface area contributed by atoms with Gasteiger partial charge >= 0.3 is 0 Å². The van der Waals surface area contributed by atoms with Crippen molar-refractivity contribution in [1.82, 2.24) is 15.1 Å². The van der Waals surface area contributed by atoms with Gasteiger partial charge in [-0.2, -0.15) is 0 Å². The van der Waals surface area contributed by atoms with Crippen LogP contribution in [0.25, 0.3) is 0 Å². The number of nitrogens with zero attached hydrogens (tertiary/aromatic N) is 2. The lowest BCUT2D eigenvalue weighted by atomic mass is 9.92. The van der Waals surface area contributed by atoms with Gasteiger partial charge in [0, 0.05) is 25.2 Å². The Morgan fingerprint density at radius 2 is 2.06 bits per heavy atom. The summed E-state index contributed by atoms with van der Waals surface area (Å²) in [5.41, 5.74) is 0.0915. The van der Waals surface area contributed by atoms with Crippen molar-refractivity contribution in [3.05, 3.63) is 0 Å². The van der Waals surface area contributed by atoms with Gasteiger partial charge in [-0.1, -0.05) is 6.92 Å². The molecule has 0 aromatic rings. The fraction of sp³-hybridized carbons (Fsp3) is 0.929. The van der Waals surface area contributed by atoms with Crippen LogP contribution in [-0.2, 0) is 4.79 Å². The summed E-state index contributed by atoms with van der Waals surface area (Å²) < 4.78 is 0. The van der Waals surface area contributed by atoms with E-state index < -0.39 is 0 Å². The molecule has 0 bridgehead atoms. The van der Waals surface area contributed by atoms with Crippen molar-refractivity contribution >= 4 is 5.91 Å². The highest BCUT2D eigenvalue weighted by Gasteiger charge is 2.36. The number of likely N-dealkylation sites (N-methyl/N-ethyl adjacent to an activating group) is 1. The highest BCUT2D eigenvalue weighted by molar-refractivity contribution is 5.82. The van der Waals surface area contributed by atoms with Crippen molar-refractivity contribution in [1.29, 1.82) is 0 Å². The number of nitrogens with one attached hydrogen (secondary N) is 1. The standard InChI is InChI=1S/C14H27N3O/c1-11-5-6-15-12(9-11)13(18)17-8-7-16(4)14(2,3)10-17/h11-12,15H,5-10H2,1-4H3. The maximum Gasteiger partial charge on any atom is 0.239 e. The lowest BCUT2D eigenvalue weighted by Crippen LogP contribution is -2.62. The molecule has 2 aliphatic rings. The van der Waals surface area contributed by atoms with Gasteiger partial charge in [-0.05, 0) is 46.2 Å². The Balaban J connectivity index is 1.97. The number of hydrogen-bond acceptors (Lipinski definition) is 3. The molecular formula is C14H27N3O. The van der Waals surface area contributed by atoms with Crippen molar-refractivity contribution in [3.63, 3.8) is 0 Å². The van der Waals surface area contributed by atoms with E-state index in [2.05, 4.69) is 42.9 Å². The highest BCUT2D eigenvalue weighted by atomic mass is 16.2. The molecule has 0 radical (unpaired) electrons. The second-order valence-electron chi connectivity index (χ2n) is 6.63. The molecule has 18 heavy (non-hydrogen) atoms. The summed E-state index contributed by atoms with van der Waals surface area (Å²) in [6.07, 6.45) is 2.18. The first-order valence-electron chi connectivity index (χ1n) is 7.13. The largest absolute Gasteiger partial charge is 0.338 e. The fourth-order valence-electron chi connectivity index (χ4n) is 2.94. The van der Waals surface area contributed by atoms with Gasteiger partial charge in [0.1, 0.15) is 0 Å². The Labute approximate surface area is 111 Å². The van der Waals surface area contributed by atoms with Crippen LogP contribution in [0.4, 0.5) is 0 Å². The summed E-state index contributed by atoms with van der Waals surface area (Å²) in [6, 6.07) is 0.0490. The van der Waals surface area contributed by atoms with Crippen LogP contribution in [0.1, 0.15) is 33.6 Å². The number of rotatable bonds is 1. The number of carbonyl (C=O) groups excluding carboxylic acids is 1. The van der Waals surface area contributed by atoms with E-state index in [-0.39, 0.29) is 11.6 Å². The summed E-state index contributed by atoms with van der Waals surface area (Å²) >= 11 is 0. The van der Waals surface area contributed by atoms with Gasteiger partial charge in [0.25, 0.3) is 0 Å². The van der Waals surface area contributed by atoms with E-state index in [1.54, 1.807) is 0 Å². The lowest BCUT2D eigenvalue weighted by Gasteiger charge is -2.46. The quantitative estimate of drug-likeness (QED) is 0.755. The maximum absolute atomic E-state index is 12.5. The molecule has 0 spiro atoms. The smallest absolute Gasteiger partial charge is 0.239 e. The number of hydrogen-bond donors (Lipinski definition) is 1. The Hall–Kier alpha value is -0.610. The Kier molecular flexibility index (Phi) is 3.97. The van der Waals surface area contributed by atoms with Gasteiger partial charge < -0.3 is 10.2 Å². The molecule has 2 atom stereocenters. The third-order valence-electron chi connectivity index (χ3n) is 4.59. The molecule has 1 N–H and O–H groups in total. The molecule has 4 heteroatoms. The zero-order valence-electron chi connectivity index (χ0n) is 12.2. The normalized spacial score (nSPS) is 33.4. The predicted molar refractivity (Wildman–Crippen MR) is 73.5 cm³/mol. The van der Waals surface area contributed by atoms with Crippen LogP contribution in [0.2, 0.25) is 0 Å². The van der Waals surface area contributed by atoms with Crippen LogP contribution < -0.4 is 5.32 Å². The molecule has 2 unspecified atom stereocenters. The van der Waals surface area contributed by atoms with Crippen molar-refractivity contribution < 1.29 is 4.79 Å². The molecule has 2 heterocycles. The second kappa shape index (κ2) is 5.17. The molecule has 2 rings (SSSR count). The average molecular weight is 253 g/mol. The summed E-state index contributed by atoms with van der Waals surface area (Å²) in [7, 11) is 2.14. The van der Waals surface area contributed by atoms with Crippen LogP contribution in [-0.4, -0.2) is 60.5 Å². The van der Waals surface area contributed by atoms with Crippen molar-refractivity contribution in [3.8, 4) is 0 Å². The number of piperazine rings is 1. The SMILES string of the molecule is CC1CCNC(C(=O)N2CCN(C)C(C)(C)C2)C1. The Bertz CT molecular complexity index is 316. The zero-order chi connectivity index (χ0) is 13.3. The zero-order valence-corrected chi connectivity index (χ0v) is 12.2. The van der Waals surface area contributed by atoms with E-state index in [0.717, 1.165) is 32.6 Å². The van der Waals surface area contributed by atoms with E-state index in [1.165, 1.54) is 6.42 Å². The van der Waals surface area contributed by atoms with E-state index in [9.17, 15) is 4.79 Å². The molecule has 0 saturated carbocycles. The number of piperidine rings is 1. The molecule has 2 aliphatic heterocycles. The molecule has 0 aliphatic carbocycles. The molecular weight excluding hydrogens is 226 g/mol. The Morgan fingerprint density at radius 3 is 2.67 bits per heavy atom. The van der Waals surface area contributed by atoms with Crippen LogP contribution in [0.3, 0.4) is 0 Å². The first-order chi connectivity index (χ1) is 8.40. The summed E-state index contributed by atoms with van der Waals surface area (Å²) in [5.74, 6) is 0.975. The van der Waals surface area contributed by atoms with Crippen LogP contribution in [0.5, 0.6) is 0 Å². The minimum atomic E-state index is 0.0490. The summed E-state index contributed by atoms with van der Waals surface area (Å²) in [6.45, 7) is 10.3. The minimum Gasteiger partial charge on any atom is -0.338 e. The predicted octanol–water partition coefficient (Wildman–Crippen LogP) is 0.927. The monoisotopic (exact) mass is 253 g/mol. The molecule has 104 valence electrons. The number of carbonyl (C=O) groups is 1. The first-order valence-corrected chi connectivity index (χ1v) is 7.13. The second-order valence-corrected chi connectivity index (χ2v) is 6.63. The molecule has 1 amide bonds. The van der Waals surface area contributed by atoms with Gasteiger partial charge in [-0.25, -0.2) is 0 Å². The van der Waals surface area contributed by atoms with Crippen LogP contribution >= 0.6 is 0 Å². The Morgan fingerprint density at radius 1 is 1.33 bits per heavy atom. The first kappa shape index (κ1) is 13.8. The maximum atomic E-state index is 12.5. The van der Waals surface area contributed by atoms with Gasteiger partial charge in [-0.15, -0.1) is 0 Å². The third-order valence-corrected chi connectivity index (χ3v) is 4.59. The van der Waals surface area contributed by atoms with E-state index in [0.29, 0.717) is 11.8 Å². The van der Waals surface area contributed by atoms with Gasteiger partial charge in [0.15, 0.2) is 0 Å². The van der Waals surface area contributed by atoms with Crippen molar-refractivity contribution in [2.24, 2.45) is 5.92 Å². The van der Waals surface area contributed by atoms with E-state index in [1.807, 2.05) is 0 Å². The minimum absolute atomic E-state index is 0.0490. The van der Waals surface area contributed by atoms with Crippen molar-refractivity contribution in [2.45, 2.75) is 45.2 Å². The summed E-state index contributed by atoms with van der Waals surface area (Å²) in [5, 5.41) is 3.38. The van der Waals surface area contributed by atoms with E-state index >= 15 is 0 Å². The van der Waals surface area contributed by atoms with Gasteiger partial charge in [0.05, 0.1) is 6.04 Å². The molecule has 2 fully saturated rings. The topological polar surface area (TPSA) is 35.6 Å². The van der Waals surface area contributed by atoms with Crippen LogP contribution in [0.15, 0.2) is 0 Å². The number of amides is 1. The van der Waals surface area contributed by atoms with Crippen LogP contribution in [0, 0.1) is 5.92 Å². The molecule has 0 aromatic heterocycles. The molecule has 4 nitrogen and oxygen atoms in total. The average Bonchev–Trinajstić information content (AvgIpc) is 2.31. The highest BCUT2D eigenvalue weighted by Crippen LogP contribution is 2.22. The molecule has 2 saturated heterocycles.